The fourth-order valence-corrected chi connectivity index (χ4v) is 3.28. The zero-order valence-corrected chi connectivity index (χ0v) is 16.0. The Morgan fingerprint density at radius 3 is 2.67 bits per heavy atom. The van der Waals surface area contributed by atoms with E-state index >= 15 is 0 Å². The van der Waals surface area contributed by atoms with Crippen LogP contribution < -0.4 is 5.32 Å². The van der Waals surface area contributed by atoms with Gasteiger partial charge in [0.25, 0.3) is 5.91 Å². The minimum absolute atomic E-state index is 0.0254. The number of carbonyl (C=O) groups is 2. The lowest BCUT2D eigenvalue weighted by Gasteiger charge is -2.21. The molecule has 1 aliphatic heterocycles. The summed E-state index contributed by atoms with van der Waals surface area (Å²) >= 11 is 0. The molecule has 0 bridgehead atoms. The zero-order chi connectivity index (χ0) is 19.4. The van der Waals surface area contributed by atoms with Crippen LogP contribution in [0.2, 0.25) is 0 Å². The third kappa shape index (κ3) is 4.69. The molecule has 0 unspecified atom stereocenters. The smallest absolute Gasteiger partial charge is 0.271 e. The molecule has 2 amide bonds. The number of nitrogens with one attached hydrogen (secondary N) is 1. The van der Waals surface area contributed by atoms with Gasteiger partial charge in [-0.1, -0.05) is 5.16 Å². The third-order valence-corrected chi connectivity index (χ3v) is 4.94. The Morgan fingerprint density at radius 1 is 1.19 bits per heavy atom. The maximum Gasteiger partial charge on any atom is 0.271 e. The SMILES string of the molecule is Cc1cnc(C(=O)N[C@@H]2CCCN(C(=O)Cc3c(C)noc3C)CC2)cn1. The molecule has 1 saturated heterocycles. The molecule has 8 heteroatoms. The average molecular weight is 371 g/mol. The van der Waals surface area contributed by atoms with E-state index in [0.717, 1.165) is 36.2 Å². The van der Waals surface area contributed by atoms with Crippen molar-refractivity contribution in [1.29, 1.82) is 0 Å². The maximum absolute atomic E-state index is 12.7. The first-order valence-electron chi connectivity index (χ1n) is 9.23. The van der Waals surface area contributed by atoms with E-state index in [0.29, 0.717) is 31.0 Å². The zero-order valence-electron chi connectivity index (χ0n) is 16.0. The van der Waals surface area contributed by atoms with Gasteiger partial charge < -0.3 is 14.7 Å². The molecule has 8 nitrogen and oxygen atoms in total. The Bertz CT molecular complexity index is 796. The second-order valence-electron chi connectivity index (χ2n) is 7.00. The molecule has 0 spiro atoms. The number of carbonyl (C=O) groups excluding carboxylic acids is 2. The highest BCUT2D eigenvalue weighted by atomic mass is 16.5. The van der Waals surface area contributed by atoms with E-state index in [9.17, 15) is 9.59 Å². The summed E-state index contributed by atoms with van der Waals surface area (Å²) in [5, 5.41) is 6.92. The van der Waals surface area contributed by atoms with Crippen LogP contribution in [0.25, 0.3) is 0 Å². The number of aromatic nitrogens is 3. The molecule has 1 N–H and O–H groups in total. The van der Waals surface area contributed by atoms with Crippen molar-refractivity contribution < 1.29 is 14.1 Å². The summed E-state index contributed by atoms with van der Waals surface area (Å²) in [6.45, 7) is 6.81. The summed E-state index contributed by atoms with van der Waals surface area (Å²) in [5.41, 5.74) is 2.72. The minimum Gasteiger partial charge on any atom is -0.361 e. The van der Waals surface area contributed by atoms with E-state index in [-0.39, 0.29) is 17.9 Å². The Kier molecular flexibility index (Phi) is 5.83. The van der Waals surface area contributed by atoms with Crippen LogP contribution in [0.5, 0.6) is 0 Å². The van der Waals surface area contributed by atoms with Crippen molar-refractivity contribution in [2.75, 3.05) is 13.1 Å². The molecule has 27 heavy (non-hydrogen) atoms. The predicted molar refractivity (Wildman–Crippen MR) is 98.1 cm³/mol. The van der Waals surface area contributed by atoms with Gasteiger partial charge in [-0.25, -0.2) is 4.98 Å². The number of hydrogen-bond donors (Lipinski definition) is 1. The van der Waals surface area contributed by atoms with E-state index in [1.165, 1.54) is 6.20 Å². The van der Waals surface area contributed by atoms with Crippen LogP contribution in [0.1, 0.15) is 52.5 Å². The van der Waals surface area contributed by atoms with Crippen LogP contribution >= 0.6 is 0 Å². The van der Waals surface area contributed by atoms with Crippen LogP contribution in [0.15, 0.2) is 16.9 Å². The number of aryl methyl sites for hydroxylation is 3. The summed E-state index contributed by atoms with van der Waals surface area (Å²) in [4.78, 5) is 35.1. The van der Waals surface area contributed by atoms with Crippen molar-refractivity contribution in [2.24, 2.45) is 0 Å². The Hall–Kier alpha value is -2.77. The van der Waals surface area contributed by atoms with Gasteiger partial charge in [0.2, 0.25) is 5.91 Å². The molecular weight excluding hydrogens is 346 g/mol. The Morgan fingerprint density at radius 2 is 2.00 bits per heavy atom. The first-order chi connectivity index (χ1) is 12.9. The molecule has 0 aliphatic carbocycles. The van der Waals surface area contributed by atoms with Crippen LogP contribution in [0.3, 0.4) is 0 Å². The first kappa shape index (κ1) is 19.0. The summed E-state index contributed by atoms with van der Waals surface area (Å²) < 4.78 is 5.14. The highest BCUT2D eigenvalue weighted by molar-refractivity contribution is 5.92. The standard InChI is InChI=1S/C19H25N5O3/c1-12-10-21-17(11-20-12)19(26)22-15-5-4-7-24(8-6-15)18(25)9-16-13(2)23-27-14(16)3/h10-11,15H,4-9H2,1-3H3,(H,22,26)/t15-/m1/s1. The third-order valence-electron chi connectivity index (χ3n) is 4.94. The molecule has 2 aromatic rings. The molecule has 144 valence electrons. The minimum atomic E-state index is -0.219. The normalized spacial score (nSPS) is 17.4. The van der Waals surface area contributed by atoms with Crippen LogP contribution in [-0.2, 0) is 11.2 Å². The molecule has 0 saturated carbocycles. The molecule has 0 aromatic carbocycles. The molecule has 2 aromatic heterocycles. The fraction of sp³-hybridized carbons (Fsp3) is 0.526. The maximum atomic E-state index is 12.7. The van der Waals surface area contributed by atoms with Crippen molar-refractivity contribution in [2.45, 2.75) is 52.5 Å². The van der Waals surface area contributed by atoms with Gasteiger partial charge in [-0.3, -0.25) is 14.6 Å². The monoisotopic (exact) mass is 371 g/mol. The molecule has 3 heterocycles. The largest absolute Gasteiger partial charge is 0.361 e. The van der Waals surface area contributed by atoms with Gasteiger partial charge in [0.05, 0.1) is 24.0 Å². The molecule has 1 aliphatic rings. The molecule has 1 fully saturated rings. The first-order valence-corrected chi connectivity index (χ1v) is 9.23. The predicted octanol–water partition coefficient (Wildman–Crippen LogP) is 1.74. The van der Waals surface area contributed by atoms with E-state index in [1.54, 1.807) is 6.20 Å². The van der Waals surface area contributed by atoms with E-state index < -0.39 is 0 Å². The summed E-state index contributed by atoms with van der Waals surface area (Å²) in [7, 11) is 0. The van der Waals surface area contributed by atoms with Gasteiger partial charge >= 0.3 is 0 Å². The van der Waals surface area contributed by atoms with Crippen molar-refractivity contribution in [3.8, 4) is 0 Å². The highest BCUT2D eigenvalue weighted by Gasteiger charge is 2.24. The molecular formula is C19H25N5O3. The molecule has 0 radical (unpaired) electrons. The second-order valence-corrected chi connectivity index (χ2v) is 7.00. The average Bonchev–Trinajstić information content (AvgIpc) is 2.85. The van der Waals surface area contributed by atoms with Gasteiger partial charge in [0, 0.05) is 30.9 Å². The molecule has 3 rings (SSSR count). The van der Waals surface area contributed by atoms with E-state index in [2.05, 4.69) is 20.4 Å². The molecule has 1 atom stereocenters. The van der Waals surface area contributed by atoms with E-state index in [4.69, 9.17) is 4.52 Å². The van der Waals surface area contributed by atoms with Gasteiger partial charge in [-0.05, 0) is 40.0 Å². The van der Waals surface area contributed by atoms with E-state index in [1.807, 2.05) is 25.7 Å². The number of hydrogen-bond acceptors (Lipinski definition) is 6. The number of nitrogens with zero attached hydrogens (tertiary/aromatic N) is 4. The lowest BCUT2D eigenvalue weighted by molar-refractivity contribution is -0.130. The van der Waals surface area contributed by atoms with Crippen molar-refractivity contribution in [3.05, 3.63) is 40.8 Å². The van der Waals surface area contributed by atoms with Gasteiger partial charge in [-0.15, -0.1) is 0 Å². The lowest BCUT2D eigenvalue weighted by Crippen LogP contribution is -2.37. The topological polar surface area (TPSA) is 101 Å². The Labute approximate surface area is 158 Å². The quantitative estimate of drug-likeness (QED) is 0.878. The second kappa shape index (κ2) is 8.28. The van der Waals surface area contributed by atoms with Crippen molar-refractivity contribution in [3.63, 3.8) is 0 Å². The van der Waals surface area contributed by atoms with Gasteiger partial charge in [-0.2, -0.15) is 0 Å². The van der Waals surface area contributed by atoms with Crippen LogP contribution in [0, 0.1) is 20.8 Å². The van der Waals surface area contributed by atoms with Gasteiger partial charge in [0.1, 0.15) is 11.5 Å². The van der Waals surface area contributed by atoms with Gasteiger partial charge in [0.15, 0.2) is 0 Å². The number of rotatable bonds is 4. The van der Waals surface area contributed by atoms with Crippen molar-refractivity contribution in [1.82, 2.24) is 25.3 Å². The fourth-order valence-electron chi connectivity index (χ4n) is 3.28. The van der Waals surface area contributed by atoms with Crippen molar-refractivity contribution >= 4 is 11.8 Å². The summed E-state index contributed by atoms with van der Waals surface area (Å²) in [5.74, 6) is 0.545. The lowest BCUT2D eigenvalue weighted by atomic mass is 10.1. The van der Waals surface area contributed by atoms with Crippen LogP contribution in [0.4, 0.5) is 0 Å². The highest BCUT2D eigenvalue weighted by Crippen LogP contribution is 2.17. The Balaban J connectivity index is 1.54. The van der Waals surface area contributed by atoms with Crippen LogP contribution in [-0.4, -0.2) is 51.0 Å². The number of likely N-dealkylation sites (tertiary alicyclic amines) is 1. The summed E-state index contributed by atoms with van der Waals surface area (Å²) in [6, 6.07) is 0.0254. The number of amides is 2. The summed E-state index contributed by atoms with van der Waals surface area (Å²) in [6.07, 6.45) is 5.77.